The second kappa shape index (κ2) is 4.94. The molecule has 0 aliphatic carbocycles. The molecule has 3 nitrogen and oxygen atoms in total. The van der Waals surface area contributed by atoms with Gasteiger partial charge in [0.25, 0.3) is 0 Å². The van der Waals surface area contributed by atoms with Crippen molar-refractivity contribution in [3.63, 3.8) is 0 Å². The largest absolute Gasteiger partial charge is 0.392 e. The van der Waals surface area contributed by atoms with E-state index in [0.717, 1.165) is 19.6 Å². The Labute approximate surface area is 81.1 Å². The van der Waals surface area contributed by atoms with Crippen LogP contribution >= 0.6 is 0 Å². The number of hydrogen-bond acceptors (Lipinski definition) is 3. The summed E-state index contributed by atoms with van der Waals surface area (Å²) in [6.45, 7) is 7.17. The molecule has 0 aromatic carbocycles. The Balaban J connectivity index is 2.32. The van der Waals surface area contributed by atoms with Gasteiger partial charge in [0.2, 0.25) is 0 Å². The third-order valence-corrected chi connectivity index (χ3v) is 2.88. The van der Waals surface area contributed by atoms with E-state index in [1.165, 1.54) is 6.42 Å². The van der Waals surface area contributed by atoms with Gasteiger partial charge < -0.3 is 15.3 Å². The van der Waals surface area contributed by atoms with Gasteiger partial charge in [-0.3, -0.25) is 0 Å². The summed E-state index contributed by atoms with van der Waals surface area (Å²) >= 11 is 0. The minimum absolute atomic E-state index is 0.196. The number of nitrogens with zero attached hydrogens (tertiary/aromatic N) is 1. The van der Waals surface area contributed by atoms with E-state index in [-0.39, 0.29) is 6.10 Å². The lowest BCUT2D eigenvalue weighted by Crippen LogP contribution is -2.48. The SMILES string of the molecule is CNC1CCN(CC(C)O)CC1C. The lowest BCUT2D eigenvalue weighted by Gasteiger charge is -2.37. The normalized spacial score (nSPS) is 33.2. The average Bonchev–Trinajstić information content (AvgIpc) is 2.03. The van der Waals surface area contributed by atoms with Crippen LogP contribution in [0.25, 0.3) is 0 Å². The van der Waals surface area contributed by atoms with Gasteiger partial charge in [0.15, 0.2) is 0 Å². The Kier molecular flexibility index (Phi) is 4.16. The maximum Gasteiger partial charge on any atom is 0.0639 e. The molecule has 0 saturated carbocycles. The van der Waals surface area contributed by atoms with Crippen LogP contribution < -0.4 is 5.32 Å². The second-order valence-electron chi connectivity index (χ2n) is 4.27. The number of likely N-dealkylation sites (tertiary alicyclic amines) is 1. The van der Waals surface area contributed by atoms with Crippen LogP contribution in [0.5, 0.6) is 0 Å². The Hall–Kier alpha value is -0.120. The van der Waals surface area contributed by atoms with E-state index < -0.39 is 0 Å². The lowest BCUT2D eigenvalue weighted by molar-refractivity contribution is 0.0860. The van der Waals surface area contributed by atoms with Crippen molar-refractivity contribution in [3.05, 3.63) is 0 Å². The topological polar surface area (TPSA) is 35.5 Å². The molecule has 1 rings (SSSR count). The quantitative estimate of drug-likeness (QED) is 0.665. The van der Waals surface area contributed by atoms with Crippen molar-refractivity contribution in [2.24, 2.45) is 5.92 Å². The van der Waals surface area contributed by atoms with E-state index in [0.29, 0.717) is 12.0 Å². The highest BCUT2D eigenvalue weighted by atomic mass is 16.3. The van der Waals surface area contributed by atoms with Crippen LogP contribution in [-0.4, -0.2) is 48.8 Å². The van der Waals surface area contributed by atoms with Crippen molar-refractivity contribution in [1.29, 1.82) is 0 Å². The maximum absolute atomic E-state index is 9.26. The molecule has 0 bridgehead atoms. The first-order valence-electron chi connectivity index (χ1n) is 5.21. The van der Waals surface area contributed by atoms with Gasteiger partial charge in [0, 0.05) is 19.1 Å². The van der Waals surface area contributed by atoms with E-state index in [1.807, 2.05) is 14.0 Å². The maximum atomic E-state index is 9.26. The lowest BCUT2D eigenvalue weighted by atomic mass is 9.94. The van der Waals surface area contributed by atoms with Crippen LogP contribution in [-0.2, 0) is 0 Å². The van der Waals surface area contributed by atoms with E-state index in [4.69, 9.17) is 0 Å². The van der Waals surface area contributed by atoms with Crippen molar-refractivity contribution in [2.75, 3.05) is 26.7 Å². The number of hydrogen-bond donors (Lipinski definition) is 2. The van der Waals surface area contributed by atoms with Gasteiger partial charge >= 0.3 is 0 Å². The predicted octanol–water partition coefficient (Wildman–Crippen LogP) is 0.297. The van der Waals surface area contributed by atoms with E-state index >= 15 is 0 Å². The van der Waals surface area contributed by atoms with Crippen LogP contribution in [0.3, 0.4) is 0 Å². The Morgan fingerprint density at radius 2 is 2.31 bits per heavy atom. The summed E-state index contributed by atoms with van der Waals surface area (Å²) in [5.41, 5.74) is 0. The molecule has 3 atom stereocenters. The highest BCUT2D eigenvalue weighted by Crippen LogP contribution is 2.16. The first kappa shape index (κ1) is 11.0. The summed E-state index contributed by atoms with van der Waals surface area (Å²) in [5, 5.41) is 12.6. The van der Waals surface area contributed by atoms with Gasteiger partial charge in [-0.25, -0.2) is 0 Å². The fourth-order valence-electron chi connectivity index (χ4n) is 2.20. The monoisotopic (exact) mass is 186 g/mol. The third kappa shape index (κ3) is 3.25. The number of β-amino-alcohol motifs (C(OH)–C–C–N with tert-alkyl or cyclic N) is 1. The van der Waals surface area contributed by atoms with E-state index in [2.05, 4.69) is 17.1 Å². The summed E-state index contributed by atoms with van der Waals surface area (Å²) in [6, 6.07) is 0.658. The van der Waals surface area contributed by atoms with Gasteiger partial charge in [-0.2, -0.15) is 0 Å². The van der Waals surface area contributed by atoms with Crippen LogP contribution in [0.2, 0.25) is 0 Å². The summed E-state index contributed by atoms with van der Waals surface area (Å²) in [5.74, 6) is 0.692. The molecule has 78 valence electrons. The molecule has 0 aromatic rings. The van der Waals surface area contributed by atoms with Gasteiger partial charge in [-0.15, -0.1) is 0 Å². The molecule has 2 N–H and O–H groups in total. The Morgan fingerprint density at radius 3 is 2.77 bits per heavy atom. The third-order valence-electron chi connectivity index (χ3n) is 2.88. The Bertz CT molecular complexity index is 150. The van der Waals surface area contributed by atoms with Crippen molar-refractivity contribution in [3.8, 4) is 0 Å². The molecule has 1 aliphatic heterocycles. The summed E-state index contributed by atoms with van der Waals surface area (Å²) in [7, 11) is 2.03. The summed E-state index contributed by atoms with van der Waals surface area (Å²) in [4.78, 5) is 2.35. The molecule has 1 aliphatic rings. The summed E-state index contributed by atoms with van der Waals surface area (Å²) in [6.07, 6.45) is 1.00. The van der Waals surface area contributed by atoms with Gasteiger partial charge in [-0.1, -0.05) is 6.92 Å². The van der Waals surface area contributed by atoms with Gasteiger partial charge in [-0.05, 0) is 32.9 Å². The molecule has 0 amide bonds. The van der Waals surface area contributed by atoms with Crippen molar-refractivity contribution >= 4 is 0 Å². The number of aliphatic hydroxyl groups excluding tert-OH is 1. The molecule has 1 fully saturated rings. The molecule has 3 unspecified atom stereocenters. The molecule has 1 heterocycles. The van der Waals surface area contributed by atoms with Crippen molar-refractivity contribution in [2.45, 2.75) is 32.4 Å². The number of nitrogens with one attached hydrogen (secondary N) is 1. The van der Waals surface area contributed by atoms with Crippen LogP contribution in [0.15, 0.2) is 0 Å². The number of aliphatic hydroxyl groups is 1. The fourth-order valence-corrected chi connectivity index (χ4v) is 2.20. The van der Waals surface area contributed by atoms with Crippen LogP contribution in [0, 0.1) is 5.92 Å². The first-order valence-corrected chi connectivity index (χ1v) is 5.21. The van der Waals surface area contributed by atoms with Crippen LogP contribution in [0.1, 0.15) is 20.3 Å². The van der Waals surface area contributed by atoms with Crippen molar-refractivity contribution < 1.29 is 5.11 Å². The summed E-state index contributed by atoms with van der Waals surface area (Å²) < 4.78 is 0. The molecular weight excluding hydrogens is 164 g/mol. The standard InChI is InChI=1S/C10H22N2O/c1-8-6-12(7-9(2)13)5-4-10(8)11-3/h8-11,13H,4-7H2,1-3H3. The predicted molar refractivity (Wildman–Crippen MR) is 54.7 cm³/mol. The first-order chi connectivity index (χ1) is 6.13. The zero-order valence-electron chi connectivity index (χ0n) is 8.95. The van der Waals surface area contributed by atoms with E-state index in [9.17, 15) is 5.11 Å². The van der Waals surface area contributed by atoms with E-state index in [1.54, 1.807) is 0 Å². The van der Waals surface area contributed by atoms with Gasteiger partial charge in [0.05, 0.1) is 6.10 Å². The molecule has 13 heavy (non-hydrogen) atoms. The average molecular weight is 186 g/mol. The molecule has 1 saturated heterocycles. The minimum Gasteiger partial charge on any atom is -0.392 e. The van der Waals surface area contributed by atoms with Crippen molar-refractivity contribution in [1.82, 2.24) is 10.2 Å². The fraction of sp³-hybridized carbons (Fsp3) is 1.00. The zero-order chi connectivity index (χ0) is 9.84. The molecule has 0 aromatic heterocycles. The second-order valence-corrected chi connectivity index (χ2v) is 4.27. The minimum atomic E-state index is -0.196. The Morgan fingerprint density at radius 1 is 1.62 bits per heavy atom. The highest BCUT2D eigenvalue weighted by molar-refractivity contribution is 4.82. The van der Waals surface area contributed by atoms with Gasteiger partial charge in [0.1, 0.15) is 0 Å². The molecule has 0 spiro atoms. The molecule has 0 radical (unpaired) electrons. The number of piperidine rings is 1. The molecule has 3 heteroatoms. The molecular formula is C10H22N2O. The smallest absolute Gasteiger partial charge is 0.0639 e. The zero-order valence-corrected chi connectivity index (χ0v) is 8.95. The van der Waals surface area contributed by atoms with Crippen LogP contribution in [0.4, 0.5) is 0 Å². The number of rotatable bonds is 3. The highest BCUT2D eigenvalue weighted by Gasteiger charge is 2.24.